The maximum absolute atomic E-state index is 12.1. The number of hydrogen-bond donors (Lipinski definition) is 1. The van der Waals surface area contributed by atoms with E-state index < -0.39 is 0 Å². The Kier molecular flexibility index (Phi) is 10.4. The number of ether oxygens (including phenoxy) is 1. The van der Waals surface area contributed by atoms with E-state index in [9.17, 15) is 4.79 Å². The smallest absolute Gasteiger partial charge is 0.241 e. The Labute approximate surface area is 171 Å². The van der Waals surface area contributed by atoms with Crippen molar-refractivity contribution in [2.75, 3.05) is 6.54 Å². The molecule has 0 aliphatic carbocycles. The van der Waals surface area contributed by atoms with Crippen molar-refractivity contribution in [3.8, 4) is 5.75 Å². The standard InChI is InChI=1S/C20H30ClN5O2/c1-2-3-4-5-6-7-8-9-14-22-20(27)15-26-19(23-24-25-26)16-28-18-12-10-17(21)11-13-18/h10-13H,2-9,14-16H2,1H3,(H,22,27). The highest BCUT2D eigenvalue weighted by atomic mass is 35.5. The van der Waals surface area contributed by atoms with Crippen molar-refractivity contribution in [3.63, 3.8) is 0 Å². The van der Waals surface area contributed by atoms with Gasteiger partial charge in [-0.25, -0.2) is 4.68 Å². The Balaban J connectivity index is 1.61. The molecule has 0 saturated heterocycles. The summed E-state index contributed by atoms with van der Waals surface area (Å²) >= 11 is 5.85. The number of unbranched alkanes of at least 4 members (excludes halogenated alkanes) is 7. The summed E-state index contributed by atoms with van der Waals surface area (Å²) in [6.45, 7) is 3.18. The van der Waals surface area contributed by atoms with E-state index in [-0.39, 0.29) is 19.1 Å². The van der Waals surface area contributed by atoms with E-state index in [2.05, 4.69) is 27.8 Å². The first-order valence-corrected chi connectivity index (χ1v) is 10.5. The number of nitrogens with one attached hydrogen (secondary N) is 1. The summed E-state index contributed by atoms with van der Waals surface area (Å²) in [6.07, 6.45) is 9.94. The minimum atomic E-state index is -0.0945. The van der Waals surface area contributed by atoms with Crippen LogP contribution >= 0.6 is 11.6 Å². The number of carbonyl (C=O) groups is 1. The van der Waals surface area contributed by atoms with Crippen LogP contribution in [-0.4, -0.2) is 32.7 Å². The van der Waals surface area contributed by atoms with E-state index in [0.29, 0.717) is 23.1 Å². The molecule has 0 atom stereocenters. The number of halogens is 1. The van der Waals surface area contributed by atoms with Gasteiger partial charge in [0, 0.05) is 11.6 Å². The molecule has 154 valence electrons. The lowest BCUT2D eigenvalue weighted by Crippen LogP contribution is -2.29. The Bertz CT molecular complexity index is 690. The summed E-state index contributed by atoms with van der Waals surface area (Å²) < 4.78 is 7.09. The van der Waals surface area contributed by atoms with Crippen LogP contribution in [0.1, 0.15) is 64.1 Å². The Hall–Kier alpha value is -2.15. The highest BCUT2D eigenvalue weighted by Crippen LogP contribution is 2.16. The van der Waals surface area contributed by atoms with Crippen molar-refractivity contribution in [1.82, 2.24) is 25.5 Å². The van der Waals surface area contributed by atoms with Crippen LogP contribution in [0.15, 0.2) is 24.3 Å². The Morgan fingerprint density at radius 1 is 1.07 bits per heavy atom. The van der Waals surface area contributed by atoms with Crippen molar-refractivity contribution in [3.05, 3.63) is 35.1 Å². The van der Waals surface area contributed by atoms with Crippen LogP contribution in [0.3, 0.4) is 0 Å². The fraction of sp³-hybridized carbons (Fsp3) is 0.600. The van der Waals surface area contributed by atoms with Crippen molar-refractivity contribution in [2.24, 2.45) is 0 Å². The predicted octanol–water partition coefficient (Wildman–Crippen LogP) is 4.16. The summed E-state index contributed by atoms with van der Waals surface area (Å²) in [6, 6.07) is 7.04. The number of tetrazole rings is 1. The lowest BCUT2D eigenvalue weighted by atomic mass is 10.1. The fourth-order valence-electron chi connectivity index (χ4n) is 2.81. The van der Waals surface area contributed by atoms with Gasteiger partial charge in [-0.05, 0) is 41.1 Å². The fourth-order valence-corrected chi connectivity index (χ4v) is 2.93. The number of aromatic nitrogens is 4. The molecule has 7 nitrogen and oxygen atoms in total. The van der Waals surface area contributed by atoms with Gasteiger partial charge < -0.3 is 10.1 Å². The van der Waals surface area contributed by atoms with Gasteiger partial charge in [-0.15, -0.1) is 5.10 Å². The average molecular weight is 408 g/mol. The Morgan fingerprint density at radius 2 is 1.75 bits per heavy atom. The molecular formula is C20H30ClN5O2. The highest BCUT2D eigenvalue weighted by Gasteiger charge is 2.11. The monoisotopic (exact) mass is 407 g/mol. The van der Waals surface area contributed by atoms with Gasteiger partial charge in [0.25, 0.3) is 0 Å². The van der Waals surface area contributed by atoms with Gasteiger partial charge in [-0.2, -0.15) is 0 Å². The molecule has 1 aromatic heterocycles. The molecule has 0 spiro atoms. The molecular weight excluding hydrogens is 378 g/mol. The van der Waals surface area contributed by atoms with Crippen molar-refractivity contribution in [2.45, 2.75) is 71.4 Å². The van der Waals surface area contributed by atoms with Gasteiger partial charge in [0.15, 0.2) is 5.82 Å². The van der Waals surface area contributed by atoms with Crippen LogP contribution in [0.5, 0.6) is 5.75 Å². The molecule has 0 unspecified atom stereocenters. The lowest BCUT2D eigenvalue weighted by Gasteiger charge is -2.08. The zero-order chi connectivity index (χ0) is 20.0. The normalized spacial score (nSPS) is 10.8. The van der Waals surface area contributed by atoms with Crippen LogP contribution in [0.2, 0.25) is 5.02 Å². The van der Waals surface area contributed by atoms with Crippen molar-refractivity contribution >= 4 is 17.5 Å². The molecule has 0 fully saturated rings. The molecule has 1 amide bonds. The second-order valence-corrected chi connectivity index (χ2v) is 7.26. The number of amides is 1. The van der Waals surface area contributed by atoms with Gasteiger partial charge in [0.2, 0.25) is 5.91 Å². The van der Waals surface area contributed by atoms with E-state index in [4.69, 9.17) is 16.3 Å². The molecule has 8 heteroatoms. The zero-order valence-corrected chi connectivity index (χ0v) is 17.3. The zero-order valence-electron chi connectivity index (χ0n) is 16.6. The largest absolute Gasteiger partial charge is 0.486 e. The molecule has 0 bridgehead atoms. The molecule has 2 aromatic rings. The van der Waals surface area contributed by atoms with E-state index >= 15 is 0 Å². The van der Waals surface area contributed by atoms with E-state index in [0.717, 1.165) is 12.8 Å². The summed E-state index contributed by atoms with van der Waals surface area (Å²) in [5.74, 6) is 1.07. The Morgan fingerprint density at radius 3 is 2.46 bits per heavy atom. The third-order valence-corrected chi connectivity index (χ3v) is 4.69. The molecule has 0 aliphatic rings. The molecule has 1 N–H and O–H groups in total. The average Bonchev–Trinajstić information content (AvgIpc) is 3.13. The van der Waals surface area contributed by atoms with Crippen LogP contribution in [-0.2, 0) is 17.9 Å². The number of nitrogens with zero attached hydrogens (tertiary/aromatic N) is 4. The summed E-state index contributed by atoms with van der Waals surface area (Å²) in [5, 5.41) is 15.0. The SMILES string of the molecule is CCCCCCCCCCNC(=O)Cn1nnnc1COc1ccc(Cl)cc1. The van der Waals surface area contributed by atoms with Gasteiger partial charge in [0.05, 0.1) is 0 Å². The van der Waals surface area contributed by atoms with Gasteiger partial charge in [-0.1, -0.05) is 63.5 Å². The first-order valence-electron chi connectivity index (χ1n) is 10.1. The number of carbonyl (C=O) groups excluding carboxylic acids is 1. The predicted molar refractivity (Wildman–Crippen MR) is 109 cm³/mol. The summed E-state index contributed by atoms with van der Waals surface area (Å²) in [7, 11) is 0. The van der Waals surface area contributed by atoms with E-state index in [1.54, 1.807) is 24.3 Å². The van der Waals surface area contributed by atoms with Gasteiger partial charge >= 0.3 is 0 Å². The number of hydrogen-bond acceptors (Lipinski definition) is 5. The van der Waals surface area contributed by atoms with Gasteiger partial charge in [0.1, 0.15) is 18.9 Å². The molecule has 2 rings (SSSR count). The molecule has 0 aliphatic heterocycles. The summed E-state index contributed by atoms with van der Waals surface area (Å²) in [5.41, 5.74) is 0. The second kappa shape index (κ2) is 13.1. The second-order valence-electron chi connectivity index (χ2n) is 6.82. The maximum atomic E-state index is 12.1. The van der Waals surface area contributed by atoms with E-state index in [1.165, 1.54) is 43.2 Å². The molecule has 28 heavy (non-hydrogen) atoms. The minimum Gasteiger partial charge on any atom is -0.486 e. The van der Waals surface area contributed by atoms with Gasteiger partial charge in [-0.3, -0.25) is 4.79 Å². The highest BCUT2D eigenvalue weighted by molar-refractivity contribution is 6.30. The number of rotatable bonds is 14. The van der Waals surface area contributed by atoms with Crippen molar-refractivity contribution in [1.29, 1.82) is 0 Å². The first kappa shape index (κ1) is 22.1. The quantitative estimate of drug-likeness (QED) is 0.475. The maximum Gasteiger partial charge on any atom is 0.241 e. The van der Waals surface area contributed by atoms with Crippen LogP contribution in [0.4, 0.5) is 0 Å². The third kappa shape index (κ3) is 8.69. The lowest BCUT2D eigenvalue weighted by molar-refractivity contribution is -0.121. The van der Waals surface area contributed by atoms with Crippen LogP contribution in [0, 0.1) is 0 Å². The van der Waals surface area contributed by atoms with Crippen molar-refractivity contribution < 1.29 is 9.53 Å². The topological polar surface area (TPSA) is 81.9 Å². The van der Waals surface area contributed by atoms with Crippen LogP contribution < -0.4 is 10.1 Å². The molecule has 0 radical (unpaired) electrons. The molecule has 1 aromatic carbocycles. The first-order chi connectivity index (χ1) is 13.7. The summed E-state index contributed by atoms with van der Waals surface area (Å²) in [4.78, 5) is 12.1. The van der Waals surface area contributed by atoms with Crippen LogP contribution in [0.25, 0.3) is 0 Å². The number of benzene rings is 1. The third-order valence-electron chi connectivity index (χ3n) is 4.43. The minimum absolute atomic E-state index is 0.0866. The molecule has 0 saturated carbocycles. The van der Waals surface area contributed by atoms with E-state index in [1.807, 2.05) is 0 Å². The molecule has 1 heterocycles.